The van der Waals surface area contributed by atoms with Crippen molar-refractivity contribution in [3.05, 3.63) is 77.6 Å². The molecule has 3 aromatic carbocycles. The maximum atomic E-state index is 13.4. The first-order chi connectivity index (χ1) is 14.9. The highest BCUT2D eigenvalue weighted by molar-refractivity contribution is 7.92. The molecule has 0 amide bonds. The van der Waals surface area contributed by atoms with E-state index in [0.29, 0.717) is 22.9 Å². The molecule has 31 heavy (non-hydrogen) atoms. The molecule has 3 rings (SSSR count). The highest BCUT2D eigenvalue weighted by Crippen LogP contribution is 2.38. The number of methoxy groups -OCH3 is 3. The van der Waals surface area contributed by atoms with Crippen molar-refractivity contribution in [3.8, 4) is 17.2 Å². The average Bonchev–Trinajstić information content (AvgIpc) is 2.76. The lowest BCUT2D eigenvalue weighted by atomic mass is 10.1. The van der Waals surface area contributed by atoms with Gasteiger partial charge in [-0.2, -0.15) is 0 Å². The number of rotatable bonds is 8. The Morgan fingerprint density at radius 2 is 1.45 bits per heavy atom. The quantitative estimate of drug-likeness (QED) is 0.505. The van der Waals surface area contributed by atoms with Crippen LogP contribution in [0.4, 0.5) is 10.1 Å². The lowest BCUT2D eigenvalue weighted by Gasteiger charge is -2.12. The Kier molecular flexibility index (Phi) is 6.81. The zero-order chi connectivity index (χ0) is 22.4. The van der Waals surface area contributed by atoms with Crippen molar-refractivity contribution in [1.82, 2.24) is 0 Å². The number of halogens is 1. The second kappa shape index (κ2) is 9.53. The Morgan fingerprint density at radius 3 is 2.06 bits per heavy atom. The molecule has 3 aromatic rings. The summed E-state index contributed by atoms with van der Waals surface area (Å²) in [6.07, 6.45) is 3.66. The molecule has 0 atom stereocenters. The van der Waals surface area contributed by atoms with Gasteiger partial charge in [0.25, 0.3) is 10.0 Å². The van der Waals surface area contributed by atoms with E-state index >= 15 is 0 Å². The van der Waals surface area contributed by atoms with Crippen LogP contribution in [-0.2, 0) is 10.0 Å². The number of anilines is 1. The monoisotopic (exact) mass is 443 g/mol. The lowest BCUT2D eigenvalue weighted by molar-refractivity contribution is 0.324. The minimum atomic E-state index is -3.91. The zero-order valence-electron chi connectivity index (χ0n) is 17.3. The summed E-state index contributed by atoms with van der Waals surface area (Å²) in [6, 6.07) is 15.3. The minimum absolute atomic E-state index is 0.147. The van der Waals surface area contributed by atoms with Crippen LogP contribution in [0.15, 0.2) is 65.6 Å². The largest absolute Gasteiger partial charge is 0.493 e. The molecule has 0 fully saturated rings. The van der Waals surface area contributed by atoms with Crippen molar-refractivity contribution in [2.24, 2.45) is 0 Å². The average molecular weight is 443 g/mol. The van der Waals surface area contributed by atoms with Crippen molar-refractivity contribution in [1.29, 1.82) is 0 Å². The summed E-state index contributed by atoms with van der Waals surface area (Å²) in [5.41, 5.74) is 1.92. The van der Waals surface area contributed by atoms with Crippen molar-refractivity contribution in [2.45, 2.75) is 4.90 Å². The molecule has 0 aliphatic rings. The van der Waals surface area contributed by atoms with Gasteiger partial charge in [0.05, 0.1) is 26.2 Å². The number of hydrogen-bond acceptors (Lipinski definition) is 5. The van der Waals surface area contributed by atoms with Crippen molar-refractivity contribution in [2.75, 3.05) is 26.1 Å². The molecular formula is C23H22FNO5S. The van der Waals surface area contributed by atoms with Gasteiger partial charge in [0.15, 0.2) is 11.5 Å². The van der Waals surface area contributed by atoms with Crippen LogP contribution in [0.25, 0.3) is 12.2 Å². The standard InChI is InChI=1S/C23H22FNO5S/c1-28-21-13-17(14-22(29-2)23(21)30-3)11-10-16-6-4-8-19(12-16)25-31(26,27)20-9-5-7-18(24)15-20/h4-15,25H,1-3H3/b11-10-. The van der Waals surface area contributed by atoms with Crippen molar-refractivity contribution < 1.29 is 27.0 Å². The molecule has 0 radical (unpaired) electrons. The third-order valence-electron chi connectivity index (χ3n) is 4.40. The molecule has 0 heterocycles. The predicted octanol–water partition coefficient (Wildman–Crippen LogP) is 4.82. The first-order valence-corrected chi connectivity index (χ1v) is 10.7. The highest BCUT2D eigenvalue weighted by Gasteiger charge is 2.15. The van der Waals surface area contributed by atoms with Gasteiger partial charge >= 0.3 is 0 Å². The van der Waals surface area contributed by atoms with Gasteiger partial charge < -0.3 is 14.2 Å². The van der Waals surface area contributed by atoms with Crippen LogP contribution in [-0.4, -0.2) is 29.7 Å². The van der Waals surface area contributed by atoms with Gasteiger partial charge in [-0.15, -0.1) is 0 Å². The summed E-state index contributed by atoms with van der Waals surface area (Å²) in [5, 5.41) is 0. The minimum Gasteiger partial charge on any atom is -0.493 e. The number of benzene rings is 3. The Balaban J connectivity index is 1.85. The van der Waals surface area contributed by atoms with Crippen molar-refractivity contribution in [3.63, 3.8) is 0 Å². The molecule has 162 valence electrons. The topological polar surface area (TPSA) is 73.9 Å². The fourth-order valence-corrected chi connectivity index (χ4v) is 4.02. The van der Waals surface area contributed by atoms with Gasteiger partial charge in [0.2, 0.25) is 5.75 Å². The molecule has 0 saturated carbocycles. The molecule has 6 nitrogen and oxygen atoms in total. The molecular weight excluding hydrogens is 421 g/mol. The molecule has 0 bridgehead atoms. The molecule has 0 aliphatic carbocycles. The van der Waals surface area contributed by atoms with E-state index in [1.807, 2.05) is 18.2 Å². The molecule has 0 aromatic heterocycles. The summed E-state index contributed by atoms with van der Waals surface area (Å²) >= 11 is 0. The van der Waals surface area contributed by atoms with E-state index in [4.69, 9.17) is 14.2 Å². The van der Waals surface area contributed by atoms with Crippen LogP contribution in [0.1, 0.15) is 11.1 Å². The first kappa shape index (κ1) is 22.2. The summed E-state index contributed by atoms with van der Waals surface area (Å²) in [5.74, 6) is 0.928. The maximum absolute atomic E-state index is 13.4. The number of ether oxygens (including phenoxy) is 3. The number of hydrogen-bond donors (Lipinski definition) is 1. The Bertz CT molecular complexity index is 1180. The third kappa shape index (κ3) is 5.35. The molecule has 0 saturated heterocycles. The summed E-state index contributed by atoms with van der Waals surface area (Å²) in [4.78, 5) is -0.147. The fourth-order valence-electron chi connectivity index (χ4n) is 2.94. The van der Waals surface area contributed by atoms with E-state index in [1.165, 1.54) is 25.3 Å². The SMILES string of the molecule is COc1cc(/C=C\c2cccc(NS(=O)(=O)c3cccc(F)c3)c2)cc(OC)c1OC. The molecule has 8 heteroatoms. The van der Waals surface area contributed by atoms with Gasteiger partial charge in [-0.25, -0.2) is 12.8 Å². The van der Waals surface area contributed by atoms with Crippen molar-refractivity contribution >= 4 is 27.9 Å². The van der Waals surface area contributed by atoms with E-state index in [-0.39, 0.29) is 4.90 Å². The molecule has 1 N–H and O–H groups in total. The van der Waals surface area contributed by atoms with Gasteiger partial charge in [-0.05, 0) is 53.6 Å². The van der Waals surface area contributed by atoms with Crippen LogP contribution in [0.5, 0.6) is 17.2 Å². The smallest absolute Gasteiger partial charge is 0.261 e. The third-order valence-corrected chi connectivity index (χ3v) is 5.78. The normalized spacial score (nSPS) is 11.4. The summed E-state index contributed by atoms with van der Waals surface area (Å²) in [7, 11) is 0.709. The Labute approximate surface area is 180 Å². The molecule has 0 aliphatic heterocycles. The highest BCUT2D eigenvalue weighted by atomic mass is 32.2. The maximum Gasteiger partial charge on any atom is 0.261 e. The first-order valence-electron chi connectivity index (χ1n) is 9.23. The van der Waals surface area contributed by atoms with Gasteiger partial charge in [-0.3, -0.25) is 4.72 Å². The van der Waals surface area contributed by atoms with E-state index in [2.05, 4.69) is 4.72 Å². The van der Waals surface area contributed by atoms with Gasteiger partial charge in [0.1, 0.15) is 5.82 Å². The Hall–Kier alpha value is -3.52. The van der Waals surface area contributed by atoms with Gasteiger partial charge in [0, 0.05) is 5.69 Å². The van der Waals surface area contributed by atoms with Crippen LogP contribution < -0.4 is 18.9 Å². The zero-order valence-corrected chi connectivity index (χ0v) is 18.1. The van der Waals surface area contributed by atoms with E-state index in [0.717, 1.165) is 17.2 Å². The van der Waals surface area contributed by atoms with Crippen LogP contribution >= 0.6 is 0 Å². The van der Waals surface area contributed by atoms with E-state index in [9.17, 15) is 12.8 Å². The Morgan fingerprint density at radius 1 is 0.806 bits per heavy atom. The predicted molar refractivity (Wildman–Crippen MR) is 119 cm³/mol. The number of nitrogens with one attached hydrogen (secondary N) is 1. The van der Waals surface area contributed by atoms with E-state index in [1.54, 1.807) is 44.6 Å². The van der Waals surface area contributed by atoms with E-state index < -0.39 is 15.8 Å². The molecule has 0 spiro atoms. The van der Waals surface area contributed by atoms with Crippen LogP contribution in [0.3, 0.4) is 0 Å². The number of sulfonamides is 1. The van der Waals surface area contributed by atoms with Gasteiger partial charge in [-0.1, -0.05) is 30.4 Å². The second-order valence-corrected chi connectivity index (χ2v) is 8.16. The summed E-state index contributed by atoms with van der Waals surface area (Å²) < 4.78 is 56.9. The van der Waals surface area contributed by atoms with Crippen LogP contribution in [0.2, 0.25) is 0 Å². The van der Waals surface area contributed by atoms with Crippen LogP contribution in [0, 0.1) is 5.82 Å². The molecule has 0 unspecified atom stereocenters. The summed E-state index contributed by atoms with van der Waals surface area (Å²) in [6.45, 7) is 0. The fraction of sp³-hybridized carbons (Fsp3) is 0.130. The lowest BCUT2D eigenvalue weighted by Crippen LogP contribution is -2.13. The second-order valence-electron chi connectivity index (χ2n) is 6.48.